The summed E-state index contributed by atoms with van der Waals surface area (Å²) >= 11 is 1.57. The van der Waals surface area contributed by atoms with Gasteiger partial charge in [-0.1, -0.05) is 13.3 Å². The molecule has 1 saturated heterocycles. The minimum Gasteiger partial charge on any atom is -0.353 e. The molecular formula is C18H27N3O2S. The number of piperidine rings is 1. The van der Waals surface area contributed by atoms with Gasteiger partial charge in [-0.15, -0.1) is 11.3 Å². The van der Waals surface area contributed by atoms with Crippen LogP contribution in [0.15, 0.2) is 11.5 Å². The first-order chi connectivity index (χ1) is 11.5. The van der Waals surface area contributed by atoms with Crippen molar-refractivity contribution in [1.82, 2.24) is 15.2 Å². The highest BCUT2D eigenvalue weighted by atomic mass is 32.1. The van der Waals surface area contributed by atoms with E-state index in [1.807, 2.05) is 19.2 Å². The van der Waals surface area contributed by atoms with E-state index in [2.05, 4.69) is 17.2 Å². The third-order valence-electron chi connectivity index (χ3n) is 4.25. The molecule has 2 atom stereocenters. The SMILES string of the molecule is CCCC(C)NC(=O)C1CCCN(C(=O)C=Cc2csc(C)n2)C1. The van der Waals surface area contributed by atoms with Crippen LogP contribution in [-0.4, -0.2) is 40.8 Å². The van der Waals surface area contributed by atoms with E-state index in [-0.39, 0.29) is 23.8 Å². The van der Waals surface area contributed by atoms with Crippen LogP contribution in [0.3, 0.4) is 0 Å². The van der Waals surface area contributed by atoms with Crippen LogP contribution >= 0.6 is 11.3 Å². The van der Waals surface area contributed by atoms with E-state index >= 15 is 0 Å². The van der Waals surface area contributed by atoms with Crippen LogP contribution < -0.4 is 5.32 Å². The van der Waals surface area contributed by atoms with Crippen LogP contribution in [0.1, 0.15) is 50.2 Å². The molecule has 5 nitrogen and oxygen atoms in total. The van der Waals surface area contributed by atoms with Gasteiger partial charge in [0.2, 0.25) is 11.8 Å². The summed E-state index contributed by atoms with van der Waals surface area (Å²) in [5.41, 5.74) is 0.811. The number of nitrogens with one attached hydrogen (secondary N) is 1. The number of hydrogen-bond acceptors (Lipinski definition) is 4. The van der Waals surface area contributed by atoms with E-state index in [0.29, 0.717) is 13.1 Å². The fourth-order valence-electron chi connectivity index (χ4n) is 2.98. The average molecular weight is 350 g/mol. The van der Waals surface area contributed by atoms with E-state index in [1.165, 1.54) is 0 Å². The first-order valence-corrected chi connectivity index (χ1v) is 9.57. The number of nitrogens with zero attached hydrogens (tertiary/aromatic N) is 2. The maximum absolute atomic E-state index is 12.4. The van der Waals surface area contributed by atoms with Gasteiger partial charge >= 0.3 is 0 Å². The summed E-state index contributed by atoms with van der Waals surface area (Å²) in [5.74, 6) is -0.0655. The number of likely N-dealkylation sites (tertiary alicyclic amines) is 1. The number of hydrogen-bond donors (Lipinski definition) is 1. The van der Waals surface area contributed by atoms with Crippen molar-refractivity contribution in [1.29, 1.82) is 0 Å². The van der Waals surface area contributed by atoms with E-state index in [1.54, 1.807) is 28.4 Å². The molecule has 132 valence electrons. The molecule has 1 fully saturated rings. The van der Waals surface area contributed by atoms with Gasteiger partial charge in [-0.2, -0.15) is 0 Å². The lowest BCUT2D eigenvalue weighted by atomic mass is 9.96. The lowest BCUT2D eigenvalue weighted by Crippen LogP contribution is -2.46. The Morgan fingerprint density at radius 3 is 3.00 bits per heavy atom. The zero-order valence-corrected chi connectivity index (χ0v) is 15.6. The van der Waals surface area contributed by atoms with Crippen molar-refractivity contribution in [2.45, 2.75) is 52.5 Å². The Balaban J connectivity index is 1.88. The van der Waals surface area contributed by atoms with E-state index in [4.69, 9.17) is 0 Å². The van der Waals surface area contributed by atoms with Crippen molar-refractivity contribution < 1.29 is 9.59 Å². The van der Waals surface area contributed by atoms with Crippen LogP contribution in [0.4, 0.5) is 0 Å². The van der Waals surface area contributed by atoms with Crippen molar-refractivity contribution in [2.24, 2.45) is 5.92 Å². The zero-order chi connectivity index (χ0) is 17.5. The number of amides is 2. The fourth-order valence-corrected chi connectivity index (χ4v) is 3.56. The third-order valence-corrected chi connectivity index (χ3v) is 5.04. The number of aryl methyl sites for hydroxylation is 1. The van der Waals surface area contributed by atoms with Crippen molar-refractivity contribution in [2.75, 3.05) is 13.1 Å². The number of thiazole rings is 1. The van der Waals surface area contributed by atoms with Crippen LogP contribution in [0, 0.1) is 12.8 Å². The van der Waals surface area contributed by atoms with Gasteiger partial charge in [-0.25, -0.2) is 4.98 Å². The fraction of sp³-hybridized carbons (Fsp3) is 0.611. The molecule has 2 heterocycles. The quantitative estimate of drug-likeness (QED) is 0.803. The molecule has 1 N–H and O–H groups in total. The molecule has 1 aromatic rings. The number of rotatable bonds is 6. The Labute approximate surface area is 148 Å². The Hall–Kier alpha value is -1.69. The predicted molar refractivity (Wildman–Crippen MR) is 97.7 cm³/mol. The first-order valence-electron chi connectivity index (χ1n) is 8.69. The van der Waals surface area contributed by atoms with Crippen LogP contribution in [0.25, 0.3) is 6.08 Å². The van der Waals surface area contributed by atoms with Gasteiger partial charge in [0.25, 0.3) is 0 Å². The maximum Gasteiger partial charge on any atom is 0.246 e. The normalized spacial score (nSPS) is 19.5. The predicted octanol–water partition coefficient (Wildman–Crippen LogP) is 3.01. The molecule has 0 spiro atoms. The summed E-state index contributed by atoms with van der Waals surface area (Å²) in [7, 11) is 0. The van der Waals surface area contributed by atoms with E-state index in [9.17, 15) is 9.59 Å². The Bertz CT molecular complexity index is 597. The molecule has 2 rings (SSSR count). The van der Waals surface area contributed by atoms with Gasteiger partial charge in [0, 0.05) is 30.6 Å². The maximum atomic E-state index is 12.4. The van der Waals surface area contributed by atoms with Crippen molar-refractivity contribution in [3.05, 3.63) is 22.2 Å². The molecule has 2 amide bonds. The highest BCUT2D eigenvalue weighted by Gasteiger charge is 2.28. The Kier molecular flexibility index (Phi) is 6.97. The first kappa shape index (κ1) is 18.6. The topological polar surface area (TPSA) is 62.3 Å². The van der Waals surface area contributed by atoms with Crippen molar-refractivity contribution in [3.63, 3.8) is 0 Å². The summed E-state index contributed by atoms with van der Waals surface area (Å²) in [6.45, 7) is 7.31. The lowest BCUT2D eigenvalue weighted by Gasteiger charge is -2.32. The molecule has 1 aliphatic heterocycles. The summed E-state index contributed by atoms with van der Waals surface area (Å²) in [6.07, 6.45) is 7.07. The highest BCUT2D eigenvalue weighted by Crippen LogP contribution is 2.18. The van der Waals surface area contributed by atoms with Gasteiger partial charge in [-0.3, -0.25) is 9.59 Å². The second-order valence-corrected chi connectivity index (χ2v) is 7.51. The molecule has 6 heteroatoms. The molecule has 0 bridgehead atoms. The number of carbonyl (C=O) groups excluding carboxylic acids is 2. The van der Waals surface area contributed by atoms with Gasteiger partial charge in [0.15, 0.2) is 0 Å². The van der Waals surface area contributed by atoms with Gasteiger partial charge in [0.05, 0.1) is 16.6 Å². The highest BCUT2D eigenvalue weighted by molar-refractivity contribution is 7.09. The molecule has 0 aromatic carbocycles. The number of aromatic nitrogens is 1. The van der Waals surface area contributed by atoms with Crippen molar-refractivity contribution in [3.8, 4) is 0 Å². The monoisotopic (exact) mass is 349 g/mol. The number of carbonyl (C=O) groups is 2. The molecule has 0 aliphatic carbocycles. The van der Waals surface area contributed by atoms with E-state index in [0.717, 1.165) is 36.4 Å². The minimum absolute atomic E-state index is 0.0419. The zero-order valence-electron chi connectivity index (χ0n) is 14.7. The molecule has 0 saturated carbocycles. The third kappa shape index (κ3) is 5.44. The van der Waals surface area contributed by atoms with Crippen LogP contribution in [0.5, 0.6) is 0 Å². The second kappa shape index (κ2) is 8.97. The smallest absolute Gasteiger partial charge is 0.246 e. The van der Waals surface area contributed by atoms with Crippen LogP contribution in [-0.2, 0) is 9.59 Å². The van der Waals surface area contributed by atoms with Gasteiger partial charge < -0.3 is 10.2 Å². The molecule has 24 heavy (non-hydrogen) atoms. The molecule has 0 radical (unpaired) electrons. The average Bonchev–Trinajstić information content (AvgIpc) is 2.98. The Morgan fingerprint density at radius 1 is 1.54 bits per heavy atom. The summed E-state index contributed by atoms with van der Waals surface area (Å²) < 4.78 is 0. The lowest BCUT2D eigenvalue weighted by molar-refractivity contribution is -0.132. The summed E-state index contributed by atoms with van der Waals surface area (Å²) in [4.78, 5) is 30.8. The second-order valence-electron chi connectivity index (χ2n) is 6.45. The summed E-state index contributed by atoms with van der Waals surface area (Å²) in [6, 6.07) is 0.196. The summed E-state index contributed by atoms with van der Waals surface area (Å²) in [5, 5.41) is 5.98. The molecule has 1 aliphatic rings. The van der Waals surface area contributed by atoms with Gasteiger partial charge in [-0.05, 0) is 39.2 Å². The molecule has 1 aromatic heterocycles. The van der Waals surface area contributed by atoms with Crippen LogP contribution in [0.2, 0.25) is 0 Å². The van der Waals surface area contributed by atoms with Gasteiger partial charge in [0.1, 0.15) is 0 Å². The van der Waals surface area contributed by atoms with E-state index < -0.39 is 0 Å². The minimum atomic E-state index is -0.100. The molecular weight excluding hydrogens is 322 g/mol. The van der Waals surface area contributed by atoms with Crippen molar-refractivity contribution >= 4 is 29.2 Å². The standard InChI is InChI=1S/C18H27N3O2S/c1-4-6-13(2)19-18(23)15-7-5-10-21(11-15)17(22)9-8-16-12-24-14(3)20-16/h8-9,12-13,15H,4-7,10-11H2,1-3H3,(H,19,23). The largest absolute Gasteiger partial charge is 0.353 e. The molecule has 2 unspecified atom stereocenters. The Morgan fingerprint density at radius 2 is 2.33 bits per heavy atom.